The molecule has 0 radical (unpaired) electrons. The predicted molar refractivity (Wildman–Crippen MR) is 60.3 cm³/mol. The third-order valence-electron chi connectivity index (χ3n) is 2.34. The molecule has 0 saturated heterocycles. The smallest absolute Gasteiger partial charge is 0.405 e. The molecule has 106 valence electrons. The van der Waals surface area contributed by atoms with Crippen molar-refractivity contribution in [3.05, 3.63) is 29.6 Å². The first-order valence-corrected chi connectivity index (χ1v) is 5.47. The van der Waals surface area contributed by atoms with Crippen molar-refractivity contribution < 1.29 is 27.1 Å². The highest BCUT2D eigenvalue weighted by atomic mass is 19.4. The van der Waals surface area contributed by atoms with Gasteiger partial charge in [-0.1, -0.05) is 6.07 Å². The van der Waals surface area contributed by atoms with Crippen LogP contribution in [0.15, 0.2) is 18.2 Å². The van der Waals surface area contributed by atoms with Crippen LogP contribution >= 0.6 is 0 Å². The number of methoxy groups -OCH3 is 1. The quantitative estimate of drug-likeness (QED) is 0.841. The molecule has 0 bridgehead atoms. The van der Waals surface area contributed by atoms with Crippen LogP contribution in [0.4, 0.5) is 17.6 Å². The van der Waals surface area contributed by atoms with Crippen LogP contribution in [-0.2, 0) is 11.2 Å². The molecule has 7 heteroatoms. The van der Waals surface area contributed by atoms with Crippen molar-refractivity contribution in [2.45, 2.75) is 19.0 Å². The van der Waals surface area contributed by atoms with Crippen LogP contribution in [-0.4, -0.2) is 25.7 Å². The molecule has 1 amide bonds. The summed E-state index contributed by atoms with van der Waals surface area (Å²) < 4.78 is 53.5. The van der Waals surface area contributed by atoms with Gasteiger partial charge in [-0.25, -0.2) is 4.39 Å². The molecule has 0 aromatic heterocycles. The first-order chi connectivity index (χ1) is 8.81. The van der Waals surface area contributed by atoms with E-state index in [0.717, 1.165) is 0 Å². The summed E-state index contributed by atoms with van der Waals surface area (Å²) in [5.74, 6) is -1.23. The molecule has 0 saturated carbocycles. The number of hydrogen-bond acceptors (Lipinski definition) is 2. The Balaban J connectivity index is 2.44. The van der Waals surface area contributed by atoms with Gasteiger partial charge in [0.25, 0.3) is 0 Å². The zero-order valence-corrected chi connectivity index (χ0v) is 10.2. The Kier molecular flexibility index (Phi) is 5.14. The first-order valence-electron chi connectivity index (χ1n) is 5.47. The molecule has 0 atom stereocenters. The van der Waals surface area contributed by atoms with E-state index in [9.17, 15) is 22.4 Å². The number of rotatable bonds is 5. The van der Waals surface area contributed by atoms with Crippen molar-refractivity contribution in [1.29, 1.82) is 0 Å². The zero-order valence-electron chi connectivity index (χ0n) is 10.2. The average Bonchev–Trinajstić information content (AvgIpc) is 2.33. The second-order valence-electron chi connectivity index (χ2n) is 3.86. The van der Waals surface area contributed by atoms with Gasteiger partial charge in [-0.3, -0.25) is 4.79 Å². The van der Waals surface area contributed by atoms with Crippen molar-refractivity contribution in [2.75, 3.05) is 13.7 Å². The molecule has 0 aliphatic heterocycles. The minimum atomic E-state index is -4.43. The maximum atomic E-state index is 13.3. The summed E-state index contributed by atoms with van der Waals surface area (Å²) in [4.78, 5) is 11.1. The van der Waals surface area contributed by atoms with Crippen molar-refractivity contribution in [1.82, 2.24) is 5.32 Å². The molecule has 19 heavy (non-hydrogen) atoms. The highest BCUT2D eigenvalue weighted by Crippen LogP contribution is 2.18. The number of carbonyl (C=O) groups excluding carboxylic acids is 1. The molecule has 1 rings (SSSR count). The maximum absolute atomic E-state index is 13.3. The summed E-state index contributed by atoms with van der Waals surface area (Å²) in [6, 6.07) is 4.15. The second kappa shape index (κ2) is 6.40. The third-order valence-corrected chi connectivity index (χ3v) is 2.34. The summed E-state index contributed by atoms with van der Waals surface area (Å²) in [5.41, 5.74) is 0.514. The lowest BCUT2D eigenvalue weighted by Gasteiger charge is -2.08. The lowest BCUT2D eigenvalue weighted by Crippen LogP contribution is -2.33. The molecule has 1 aromatic carbocycles. The topological polar surface area (TPSA) is 38.3 Å². The van der Waals surface area contributed by atoms with Gasteiger partial charge in [-0.15, -0.1) is 0 Å². The third kappa shape index (κ3) is 5.58. The van der Waals surface area contributed by atoms with E-state index in [2.05, 4.69) is 0 Å². The molecule has 0 heterocycles. The van der Waals surface area contributed by atoms with E-state index >= 15 is 0 Å². The lowest BCUT2D eigenvalue weighted by atomic mass is 10.1. The molecular formula is C12H13F4NO2. The fourth-order valence-electron chi connectivity index (χ4n) is 1.41. The van der Waals surface area contributed by atoms with E-state index in [1.54, 1.807) is 11.4 Å². The summed E-state index contributed by atoms with van der Waals surface area (Å²) in [7, 11) is 1.32. The second-order valence-corrected chi connectivity index (χ2v) is 3.86. The minimum absolute atomic E-state index is 0.0743. The Morgan fingerprint density at radius 3 is 2.58 bits per heavy atom. The summed E-state index contributed by atoms with van der Waals surface area (Å²) in [5, 5.41) is 1.75. The van der Waals surface area contributed by atoms with Crippen molar-refractivity contribution in [3.8, 4) is 5.75 Å². The SMILES string of the molecule is COc1ccc(CCC(=O)NCC(F)(F)F)cc1F. The number of nitrogens with one attached hydrogen (secondary N) is 1. The van der Waals surface area contributed by atoms with Gasteiger partial charge >= 0.3 is 6.18 Å². The van der Waals surface area contributed by atoms with Gasteiger partial charge in [-0.05, 0) is 24.1 Å². The molecular weight excluding hydrogens is 266 g/mol. The van der Waals surface area contributed by atoms with Crippen LogP contribution in [0.3, 0.4) is 0 Å². The van der Waals surface area contributed by atoms with Gasteiger partial charge in [0.05, 0.1) is 7.11 Å². The van der Waals surface area contributed by atoms with Crippen molar-refractivity contribution in [3.63, 3.8) is 0 Å². The van der Waals surface area contributed by atoms with Gasteiger partial charge in [-0.2, -0.15) is 13.2 Å². The van der Waals surface area contributed by atoms with Crippen LogP contribution in [0.25, 0.3) is 0 Å². The zero-order chi connectivity index (χ0) is 14.5. The number of carbonyl (C=O) groups is 1. The minimum Gasteiger partial charge on any atom is -0.494 e. The van der Waals surface area contributed by atoms with Crippen LogP contribution in [0.2, 0.25) is 0 Å². The van der Waals surface area contributed by atoms with Gasteiger partial charge in [0.15, 0.2) is 11.6 Å². The number of alkyl halides is 3. The average molecular weight is 279 g/mol. The fraction of sp³-hybridized carbons (Fsp3) is 0.417. The summed E-state index contributed by atoms with van der Waals surface area (Å²) in [6.45, 7) is -1.36. The Morgan fingerprint density at radius 1 is 1.37 bits per heavy atom. The number of hydrogen-bond donors (Lipinski definition) is 1. The summed E-state index contributed by atoms with van der Waals surface area (Å²) >= 11 is 0. The molecule has 0 aliphatic rings. The number of benzene rings is 1. The van der Waals surface area contributed by atoms with E-state index in [-0.39, 0.29) is 18.6 Å². The normalized spacial score (nSPS) is 11.2. The Hall–Kier alpha value is -1.79. The van der Waals surface area contributed by atoms with Gasteiger partial charge < -0.3 is 10.1 Å². The number of ether oxygens (including phenoxy) is 1. The van der Waals surface area contributed by atoms with E-state index in [0.29, 0.717) is 5.56 Å². The largest absolute Gasteiger partial charge is 0.494 e. The summed E-state index contributed by atoms with van der Waals surface area (Å²) in [6.07, 6.45) is -4.41. The van der Waals surface area contributed by atoms with E-state index in [4.69, 9.17) is 4.74 Å². The van der Waals surface area contributed by atoms with Gasteiger partial charge in [0, 0.05) is 6.42 Å². The fourth-order valence-corrected chi connectivity index (χ4v) is 1.41. The van der Waals surface area contributed by atoms with Crippen LogP contribution in [0, 0.1) is 5.82 Å². The lowest BCUT2D eigenvalue weighted by molar-refractivity contribution is -0.138. The molecule has 3 nitrogen and oxygen atoms in total. The van der Waals surface area contributed by atoms with Gasteiger partial charge in [0.1, 0.15) is 6.54 Å². The van der Waals surface area contributed by atoms with E-state index in [1.807, 2.05) is 0 Å². The monoisotopic (exact) mass is 279 g/mol. The number of halogens is 4. The maximum Gasteiger partial charge on any atom is 0.405 e. The number of aryl methyl sites for hydroxylation is 1. The Labute approximate surface area is 107 Å². The molecule has 0 unspecified atom stereocenters. The molecule has 0 fully saturated rings. The van der Waals surface area contributed by atoms with Crippen molar-refractivity contribution in [2.24, 2.45) is 0 Å². The van der Waals surface area contributed by atoms with E-state index < -0.39 is 24.4 Å². The Morgan fingerprint density at radius 2 is 2.05 bits per heavy atom. The van der Waals surface area contributed by atoms with Crippen LogP contribution < -0.4 is 10.1 Å². The standard InChI is InChI=1S/C12H13F4NO2/c1-19-10-4-2-8(6-9(10)13)3-5-11(18)17-7-12(14,15)16/h2,4,6H,3,5,7H2,1H3,(H,17,18). The molecule has 0 aliphatic carbocycles. The highest BCUT2D eigenvalue weighted by Gasteiger charge is 2.27. The Bertz CT molecular complexity index is 446. The van der Waals surface area contributed by atoms with Crippen LogP contribution in [0.5, 0.6) is 5.75 Å². The van der Waals surface area contributed by atoms with Crippen LogP contribution in [0.1, 0.15) is 12.0 Å². The molecule has 0 spiro atoms. The van der Waals surface area contributed by atoms with Crippen molar-refractivity contribution >= 4 is 5.91 Å². The predicted octanol–water partition coefficient (Wildman–Crippen LogP) is 2.45. The molecule has 1 aromatic rings. The first kappa shape index (κ1) is 15.3. The molecule has 1 N–H and O–H groups in total. The van der Waals surface area contributed by atoms with Gasteiger partial charge in [0.2, 0.25) is 5.91 Å². The number of amides is 1. The highest BCUT2D eigenvalue weighted by molar-refractivity contribution is 5.76. The van der Waals surface area contributed by atoms with E-state index in [1.165, 1.54) is 19.2 Å².